The van der Waals surface area contributed by atoms with Gasteiger partial charge in [-0.05, 0) is 15.9 Å². The average molecular weight is 263 g/mol. The van der Waals surface area contributed by atoms with E-state index in [0.29, 0.717) is 0 Å². The van der Waals surface area contributed by atoms with Crippen LogP contribution in [0.3, 0.4) is 0 Å². The molecule has 0 heterocycles. The second-order valence-corrected chi connectivity index (χ2v) is 2.99. The van der Waals surface area contributed by atoms with Crippen LogP contribution in [0.2, 0.25) is 0 Å². The summed E-state index contributed by atoms with van der Waals surface area (Å²) in [5, 5.41) is 0. The number of alkyl halides is 8. The quantitative estimate of drug-likeness (QED) is 0.527. The zero-order chi connectivity index (χ0) is 10.2. The smallest absolute Gasteiger partial charge is 0.198 e. The number of halogens is 8. The molecular formula is C4H2BrF7. The fraction of sp³-hybridized carbons (Fsp3) is 1.00. The summed E-state index contributed by atoms with van der Waals surface area (Å²) < 4.78 is 81.0. The molecule has 12 heavy (non-hydrogen) atoms. The standard InChI is InChI=1S/C4H2BrF7/c5-4(11,12)2(6,7)1-3(8,9)10/h1H2. The van der Waals surface area contributed by atoms with E-state index in [0.717, 1.165) is 0 Å². The second-order valence-electron chi connectivity index (χ2n) is 1.99. The van der Waals surface area contributed by atoms with E-state index < -0.39 is 23.4 Å². The van der Waals surface area contributed by atoms with Gasteiger partial charge in [-0.1, -0.05) is 0 Å². The normalized spacial score (nSPS) is 15.0. The van der Waals surface area contributed by atoms with Crippen molar-refractivity contribution in [3.05, 3.63) is 0 Å². The van der Waals surface area contributed by atoms with Gasteiger partial charge in [0.15, 0.2) is 0 Å². The highest BCUT2D eigenvalue weighted by molar-refractivity contribution is 9.10. The van der Waals surface area contributed by atoms with Gasteiger partial charge in [-0.2, -0.15) is 30.7 Å². The minimum atomic E-state index is -5.32. The topological polar surface area (TPSA) is 0 Å². The lowest BCUT2D eigenvalue weighted by Crippen LogP contribution is -2.39. The lowest BCUT2D eigenvalue weighted by Gasteiger charge is -2.22. The molecule has 0 spiro atoms. The molecule has 0 amide bonds. The van der Waals surface area contributed by atoms with E-state index in [9.17, 15) is 30.7 Å². The molecule has 0 bridgehead atoms. The van der Waals surface area contributed by atoms with E-state index in [2.05, 4.69) is 0 Å². The van der Waals surface area contributed by atoms with Gasteiger partial charge in [0.2, 0.25) is 0 Å². The fourth-order valence-electron chi connectivity index (χ4n) is 0.352. The van der Waals surface area contributed by atoms with Gasteiger partial charge in [0.05, 0.1) is 0 Å². The summed E-state index contributed by atoms with van der Waals surface area (Å²) in [6, 6.07) is 0. The van der Waals surface area contributed by atoms with Crippen LogP contribution >= 0.6 is 15.9 Å². The van der Waals surface area contributed by atoms with Crippen LogP contribution in [0.4, 0.5) is 30.7 Å². The summed E-state index contributed by atoms with van der Waals surface area (Å²) in [6.45, 7) is 0. The van der Waals surface area contributed by atoms with E-state index in [1.165, 1.54) is 15.9 Å². The summed E-state index contributed by atoms with van der Waals surface area (Å²) in [7, 11) is 0. The minimum Gasteiger partial charge on any atom is -0.198 e. The molecule has 0 nitrogen and oxygen atoms in total. The molecule has 0 aliphatic rings. The first kappa shape index (κ1) is 12.0. The lowest BCUT2D eigenvalue weighted by atomic mass is 10.2. The van der Waals surface area contributed by atoms with Gasteiger partial charge in [-0.15, -0.1) is 0 Å². The summed E-state index contributed by atoms with van der Waals surface area (Å²) in [5.74, 6) is -5.12. The molecule has 0 radical (unpaired) electrons. The molecule has 0 saturated heterocycles. The van der Waals surface area contributed by atoms with Crippen LogP contribution in [-0.2, 0) is 0 Å². The monoisotopic (exact) mass is 262 g/mol. The van der Waals surface area contributed by atoms with Crippen molar-refractivity contribution in [1.82, 2.24) is 0 Å². The van der Waals surface area contributed by atoms with Gasteiger partial charge in [0.25, 0.3) is 0 Å². The zero-order valence-corrected chi connectivity index (χ0v) is 6.82. The molecule has 0 atom stereocenters. The molecule has 0 fully saturated rings. The van der Waals surface area contributed by atoms with Gasteiger partial charge >= 0.3 is 16.9 Å². The Balaban J connectivity index is 4.44. The molecular weight excluding hydrogens is 261 g/mol. The molecule has 0 saturated carbocycles. The first-order valence-corrected chi connectivity index (χ1v) is 3.26. The molecule has 0 N–H and O–H groups in total. The van der Waals surface area contributed by atoms with E-state index >= 15 is 0 Å². The van der Waals surface area contributed by atoms with Crippen molar-refractivity contribution < 1.29 is 30.7 Å². The molecule has 0 rings (SSSR count). The summed E-state index contributed by atoms with van der Waals surface area (Å²) in [5.41, 5.74) is 0. The van der Waals surface area contributed by atoms with Crippen molar-refractivity contribution in [2.24, 2.45) is 0 Å². The average Bonchev–Trinajstić information content (AvgIpc) is 1.52. The van der Waals surface area contributed by atoms with E-state index in [1.54, 1.807) is 0 Å². The third kappa shape index (κ3) is 3.59. The zero-order valence-electron chi connectivity index (χ0n) is 5.23. The Bertz CT molecular complexity index is 154. The molecule has 0 aromatic rings. The Morgan fingerprint density at radius 2 is 1.17 bits per heavy atom. The Labute approximate surface area is 70.9 Å². The Hall–Kier alpha value is -0.0100. The van der Waals surface area contributed by atoms with Crippen LogP contribution in [-0.4, -0.2) is 16.9 Å². The van der Waals surface area contributed by atoms with Crippen LogP contribution in [0.1, 0.15) is 6.42 Å². The van der Waals surface area contributed by atoms with Crippen molar-refractivity contribution in [3.63, 3.8) is 0 Å². The Kier molecular flexibility index (Phi) is 3.04. The Morgan fingerprint density at radius 1 is 0.833 bits per heavy atom. The number of hydrogen-bond acceptors (Lipinski definition) is 0. The first-order chi connectivity index (χ1) is 4.96. The van der Waals surface area contributed by atoms with Crippen LogP contribution in [0.5, 0.6) is 0 Å². The summed E-state index contributed by atoms with van der Waals surface area (Å²) >= 11 is 1.17. The lowest BCUT2D eigenvalue weighted by molar-refractivity contribution is -0.231. The van der Waals surface area contributed by atoms with Crippen LogP contribution < -0.4 is 0 Å². The second kappa shape index (κ2) is 3.04. The van der Waals surface area contributed by atoms with Gasteiger partial charge in [0.1, 0.15) is 6.42 Å². The maximum absolute atomic E-state index is 11.9. The van der Waals surface area contributed by atoms with Crippen molar-refractivity contribution in [1.29, 1.82) is 0 Å². The van der Waals surface area contributed by atoms with Crippen LogP contribution in [0.15, 0.2) is 0 Å². The molecule has 0 aliphatic carbocycles. The SMILES string of the molecule is FC(F)(F)CC(F)(F)C(F)(F)Br. The third-order valence-electron chi connectivity index (χ3n) is 0.837. The van der Waals surface area contributed by atoms with Crippen LogP contribution in [0, 0.1) is 0 Å². The van der Waals surface area contributed by atoms with Gasteiger partial charge in [-0.25, -0.2) is 0 Å². The van der Waals surface area contributed by atoms with Gasteiger partial charge in [0, 0.05) is 0 Å². The predicted molar refractivity (Wildman–Crippen MR) is 29.5 cm³/mol. The van der Waals surface area contributed by atoms with Gasteiger partial charge < -0.3 is 0 Å². The predicted octanol–water partition coefficient (Wildman–Crippen LogP) is 3.56. The molecule has 8 heteroatoms. The van der Waals surface area contributed by atoms with Crippen molar-refractivity contribution >= 4 is 15.9 Å². The first-order valence-electron chi connectivity index (χ1n) is 2.47. The van der Waals surface area contributed by atoms with Crippen molar-refractivity contribution in [3.8, 4) is 0 Å². The highest BCUT2D eigenvalue weighted by atomic mass is 79.9. The molecule has 0 aliphatic heterocycles. The number of hydrogen-bond donors (Lipinski definition) is 0. The molecule has 74 valence electrons. The van der Waals surface area contributed by atoms with Crippen molar-refractivity contribution in [2.75, 3.05) is 0 Å². The summed E-state index contributed by atoms with van der Waals surface area (Å²) in [6.07, 6.45) is -8.17. The highest BCUT2D eigenvalue weighted by Crippen LogP contribution is 2.45. The molecule has 0 unspecified atom stereocenters. The Morgan fingerprint density at radius 3 is 1.25 bits per heavy atom. The summed E-state index contributed by atoms with van der Waals surface area (Å²) in [4.78, 5) is -4.84. The molecule has 0 aromatic heterocycles. The maximum atomic E-state index is 11.9. The fourth-order valence-corrected chi connectivity index (χ4v) is 0.492. The van der Waals surface area contributed by atoms with Crippen molar-refractivity contribution in [2.45, 2.75) is 23.4 Å². The third-order valence-corrected chi connectivity index (χ3v) is 1.42. The maximum Gasteiger partial charge on any atom is 0.395 e. The highest BCUT2D eigenvalue weighted by Gasteiger charge is 2.59. The van der Waals surface area contributed by atoms with E-state index in [-0.39, 0.29) is 0 Å². The minimum absolute atomic E-state index is 1.17. The molecule has 0 aromatic carbocycles. The van der Waals surface area contributed by atoms with E-state index in [4.69, 9.17) is 0 Å². The van der Waals surface area contributed by atoms with E-state index in [1.807, 2.05) is 0 Å². The van der Waals surface area contributed by atoms with Crippen LogP contribution in [0.25, 0.3) is 0 Å². The largest absolute Gasteiger partial charge is 0.395 e. The number of rotatable bonds is 2. The van der Waals surface area contributed by atoms with Gasteiger partial charge in [-0.3, -0.25) is 0 Å².